The highest BCUT2D eigenvalue weighted by atomic mass is 19.1. The van der Waals surface area contributed by atoms with Crippen molar-refractivity contribution in [2.75, 3.05) is 18.0 Å². The highest BCUT2D eigenvalue weighted by molar-refractivity contribution is 5.95. The molecule has 6 nitrogen and oxygen atoms in total. The first-order valence-corrected chi connectivity index (χ1v) is 9.93. The molecule has 3 heterocycles. The molecule has 1 saturated heterocycles. The Morgan fingerprint density at radius 2 is 1.83 bits per heavy atom. The van der Waals surface area contributed by atoms with Crippen molar-refractivity contribution >= 4 is 27.6 Å². The maximum atomic E-state index is 15.8. The SMILES string of the molecule is Cn1c(=O)c(C#N)c(N2CCC(F)(c3nc4ccccc4[nH]3)CC2)c2ccccc21. The summed E-state index contributed by atoms with van der Waals surface area (Å²) in [5.74, 6) is 0.345. The first-order valence-electron chi connectivity index (χ1n) is 9.93. The third kappa shape index (κ3) is 2.68. The molecule has 1 aliphatic heterocycles. The molecule has 5 rings (SSSR count). The number of nitrogens with one attached hydrogen (secondary N) is 1. The summed E-state index contributed by atoms with van der Waals surface area (Å²) < 4.78 is 17.3. The molecule has 4 aromatic rings. The van der Waals surface area contributed by atoms with Crippen LogP contribution in [0.2, 0.25) is 0 Å². The number of hydrogen-bond acceptors (Lipinski definition) is 4. The predicted octanol–water partition coefficient (Wildman–Crippen LogP) is 3.75. The lowest BCUT2D eigenvalue weighted by atomic mass is 9.91. The Kier molecular flexibility index (Phi) is 4.10. The number of fused-ring (bicyclic) bond motifs is 2. The van der Waals surface area contributed by atoms with Crippen molar-refractivity contribution in [3.63, 3.8) is 0 Å². The number of halogens is 1. The summed E-state index contributed by atoms with van der Waals surface area (Å²) >= 11 is 0. The number of aryl methyl sites for hydroxylation is 1. The fourth-order valence-corrected chi connectivity index (χ4v) is 4.40. The van der Waals surface area contributed by atoms with Gasteiger partial charge in [-0.15, -0.1) is 0 Å². The number of alkyl halides is 1. The Hall–Kier alpha value is -3.66. The van der Waals surface area contributed by atoms with E-state index in [9.17, 15) is 10.1 Å². The highest BCUT2D eigenvalue weighted by Gasteiger charge is 2.40. The summed E-state index contributed by atoms with van der Waals surface area (Å²) in [6, 6.07) is 17.1. The van der Waals surface area contributed by atoms with Crippen molar-refractivity contribution in [2.45, 2.75) is 18.5 Å². The van der Waals surface area contributed by atoms with E-state index >= 15 is 4.39 Å². The first-order chi connectivity index (χ1) is 14.5. The maximum absolute atomic E-state index is 15.8. The number of H-pyrrole nitrogens is 1. The van der Waals surface area contributed by atoms with E-state index in [4.69, 9.17) is 0 Å². The average molecular weight is 401 g/mol. The third-order valence-electron chi connectivity index (χ3n) is 6.07. The molecule has 1 aliphatic rings. The molecule has 2 aromatic heterocycles. The number of piperidine rings is 1. The second-order valence-corrected chi connectivity index (χ2v) is 7.77. The molecule has 0 atom stereocenters. The second-order valence-electron chi connectivity index (χ2n) is 7.77. The molecule has 0 aliphatic carbocycles. The minimum atomic E-state index is -1.57. The summed E-state index contributed by atoms with van der Waals surface area (Å²) in [4.78, 5) is 22.3. The smallest absolute Gasteiger partial charge is 0.270 e. The van der Waals surface area contributed by atoms with Crippen molar-refractivity contribution in [3.8, 4) is 6.07 Å². The van der Waals surface area contributed by atoms with Crippen LogP contribution in [0, 0.1) is 11.3 Å². The molecule has 0 radical (unpaired) electrons. The molecule has 7 heteroatoms. The normalized spacial score (nSPS) is 16.1. The predicted molar refractivity (Wildman–Crippen MR) is 114 cm³/mol. The molecule has 1 fully saturated rings. The third-order valence-corrected chi connectivity index (χ3v) is 6.07. The van der Waals surface area contributed by atoms with Gasteiger partial charge in [0, 0.05) is 38.4 Å². The van der Waals surface area contributed by atoms with E-state index in [0.717, 1.165) is 21.9 Å². The number of pyridine rings is 1. The quantitative estimate of drug-likeness (QED) is 0.555. The summed E-state index contributed by atoms with van der Waals surface area (Å²) in [6.45, 7) is 0.777. The zero-order valence-electron chi connectivity index (χ0n) is 16.5. The molecular formula is C23H20FN5O. The van der Waals surface area contributed by atoms with Gasteiger partial charge in [0.25, 0.3) is 5.56 Å². The number of nitriles is 1. The van der Waals surface area contributed by atoms with Crippen molar-refractivity contribution in [1.29, 1.82) is 5.26 Å². The molecule has 0 unspecified atom stereocenters. The van der Waals surface area contributed by atoms with Gasteiger partial charge in [0.05, 0.1) is 22.2 Å². The minimum absolute atomic E-state index is 0.103. The molecule has 2 aromatic carbocycles. The van der Waals surface area contributed by atoms with Crippen LogP contribution in [0.1, 0.15) is 24.2 Å². The van der Waals surface area contributed by atoms with Gasteiger partial charge in [-0.3, -0.25) is 4.79 Å². The van der Waals surface area contributed by atoms with Gasteiger partial charge in [-0.1, -0.05) is 30.3 Å². The molecule has 30 heavy (non-hydrogen) atoms. The maximum Gasteiger partial charge on any atom is 0.270 e. The van der Waals surface area contributed by atoms with Crippen LogP contribution in [0.3, 0.4) is 0 Å². The second kappa shape index (κ2) is 6.70. The van der Waals surface area contributed by atoms with E-state index in [2.05, 4.69) is 16.0 Å². The fourth-order valence-electron chi connectivity index (χ4n) is 4.40. The van der Waals surface area contributed by atoms with Gasteiger partial charge in [-0.2, -0.15) is 5.26 Å². The van der Waals surface area contributed by atoms with Gasteiger partial charge in [0.15, 0.2) is 5.67 Å². The summed E-state index contributed by atoms with van der Waals surface area (Å²) in [5, 5.41) is 10.5. The molecule has 0 bridgehead atoms. The molecule has 150 valence electrons. The van der Waals surface area contributed by atoms with Crippen molar-refractivity contribution < 1.29 is 4.39 Å². The number of para-hydroxylation sites is 3. The van der Waals surface area contributed by atoms with Crippen LogP contribution in [0.4, 0.5) is 10.1 Å². The average Bonchev–Trinajstić information content (AvgIpc) is 3.22. The molecule has 0 amide bonds. The van der Waals surface area contributed by atoms with Gasteiger partial charge >= 0.3 is 0 Å². The van der Waals surface area contributed by atoms with E-state index in [0.29, 0.717) is 24.6 Å². The highest BCUT2D eigenvalue weighted by Crippen LogP contribution is 2.39. The summed E-state index contributed by atoms with van der Waals surface area (Å²) in [7, 11) is 1.67. The Balaban J connectivity index is 1.53. The van der Waals surface area contributed by atoms with E-state index in [1.165, 1.54) is 4.57 Å². The van der Waals surface area contributed by atoms with Gasteiger partial charge in [-0.05, 0) is 18.2 Å². The Morgan fingerprint density at radius 1 is 1.13 bits per heavy atom. The number of hydrogen-bond donors (Lipinski definition) is 1. The number of anilines is 1. The number of imidazole rings is 1. The Morgan fingerprint density at radius 3 is 2.57 bits per heavy atom. The Labute approximate surface area is 172 Å². The number of benzene rings is 2. The molecular weight excluding hydrogens is 381 g/mol. The van der Waals surface area contributed by atoms with Gasteiger partial charge < -0.3 is 14.5 Å². The van der Waals surface area contributed by atoms with Gasteiger partial charge in [-0.25, -0.2) is 9.37 Å². The van der Waals surface area contributed by atoms with Crippen LogP contribution in [-0.2, 0) is 12.7 Å². The van der Waals surface area contributed by atoms with Crippen LogP contribution >= 0.6 is 0 Å². The van der Waals surface area contributed by atoms with Crippen molar-refractivity contribution in [3.05, 3.63) is 70.3 Å². The number of aromatic amines is 1. The van der Waals surface area contributed by atoms with E-state index in [1.807, 2.05) is 53.4 Å². The lowest BCUT2D eigenvalue weighted by Crippen LogP contribution is -2.42. The molecule has 0 spiro atoms. The first kappa shape index (κ1) is 18.4. The van der Waals surface area contributed by atoms with Crippen LogP contribution in [-0.4, -0.2) is 27.6 Å². The minimum Gasteiger partial charge on any atom is -0.369 e. The van der Waals surface area contributed by atoms with E-state index in [-0.39, 0.29) is 24.0 Å². The zero-order chi connectivity index (χ0) is 20.9. The lowest BCUT2D eigenvalue weighted by Gasteiger charge is -2.37. The zero-order valence-corrected chi connectivity index (χ0v) is 16.5. The largest absolute Gasteiger partial charge is 0.369 e. The molecule has 1 N–H and O–H groups in total. The van der Waals surface area contributed by atoms with Gasteiger partial charge in [0.1, 0.15) is 17.5 Å². The number of aromatic nitrogens is 3. The standard InChI is InChI=1S/C23H20FN5O/c1-28-19-9-5-2-6-15(19)20(16(14-25)21(28)30)29-12-10-23(24,11-13-29)22-26-17-7-3-4-8-18(17)27-22/h2-9H,10-13H2,1H3,(H,26,27). The van der Waals surface area contributed by atoms with Crippen LogP contribution in [0.25, 0.3) is 21.9 Å². The van der Waals surface area contributed by atoms with Crippen LogP contribution < -0.4 is 10.5 Å². The van der Waals surface area contributed by atoms with Crippen LogP contribution in [0.5, 0.6) is 0 Å². The van der Waals surface area contributed by atoms with E-state index < -0.39 is 5.67 Å². The topological polar surface area (TPSA) is 77.7 Å². The van der Waals surface area contributed by atoms with Crippen molar-refractivity contribution in [2.24, 2.45) is 7.05 Å². The lowest BCUT2D eigenvalue weighted by molar-refractivity contribution is 0.115. The monoisotopic (exact) mass is 401 g/mol. The van der Waals surface area contributed by atoms with E-state index in [1.54, 1.807) is 7.05 Å². The molecule has 0 saturated carbocycles. The number of nitrogens with zero attached hydrogens (tertiary/aromatic N) is 4. The Bertz CT molecular complexity index is 1340. The van der Waals surface area contributed by atoms with Crippen molar-refractivity contribution in [1.82, 2.24) is 14.5 Å². The summed E-state index contributed by atoms with van der Waals surface area (Å²) in [6.07, 6.45) is 0.447. The fraction of sp³-hybridized carbons (Fsp3) is 0.261. The summed E-state index contributed by atoms with van der Waals surface area (Å²) in [5.41, 5.74) is 1.12. The van der Waals surface area contributed by atoms with Gasteiger partial charge in [0.2, 0.25) is 0 Å². The number of rotatable bonds is 2. The van der Waals surface area contributed by atoms with Crippen LogP contribution in [0.15, 0.2) is 53.3 Å².